The van der Waals surface area contributed by atoms with Gasteiger partial charge in [0.15, 0.2) is 6.04 Å². The first-order valence-electron chi connectivity index (χ1n) is 11.4. The van der Waals surface area contributed by atoms with Crippen molar-refractivity contribution in [3.05, 3.63) is 75.1 Å². The third-order valence-corrected chi connectivity index (χ3v) is 6.79. The number of benzene rings is 2. The Morgan fingerprint density at radius 2 is 1.81 bits per heavy atom. The van der Waals surface area contributed by atoms with Crippen LogP contribution in [-0.4, -0.2) is 26.7 Å². The summed E-state index contributed by atoms with van der Waals surface area (Å²) in [5.41, 5.74) is 5.06. The van der Waals surface area contributed by atoms with Crippen LogP contribution in [0.5, 0.6) is 5.75 Å². The van der Waals surface area contributed by atoms with Crippen LogP contribution < -0.4 is 20.6 Å². The van der Waals surface area contributed by atoms with Gasteiger partial charge in [-0.1, -0.05) is 12.1 Å². The second-order valence-corrected chi connectivity index (χ2v) is 8.75. The van der Waals surface area contributed by atoms with Gasteiger partial charge in [0.2, 0.25) is 0 Å². The van der Waals surface area contributed by atoms with Gasteiger partial charge in [-0.25, -0.2) is 4.79 Å². The third-order valence-electron chi connectivity index (χ3n) is 6.79. The predicted molar refractivity (Wildman–Crippen MR) is 123 cm³/mol. The fourth-order valence-electron chi connectivity index (χ4n) is 4.83. The Kier molecular flexibility index (Phi) is 6.73. The average molecular weight is 423 g/mol. The van der Waals surface area contributed by atoms with Crippen LogP contribution in [-0.2, 0) is 6.54 Å². The number of methoxy groups -OCH3 is 1. The second kappa shape index (κ2) is 9.67. The van der Waals surface area contributed by atoms with Crippen LogP contribution in [0.1, 0.15) is 47.6 Å². The molecule has 1 aliphatic heterocycles. The molecule has 1 aromatic heterocycles. The Hall–Kier alpha value is -2.63. The lowest BCUT2D eigenvalue weighted by Crippen LogP contribution is -3.15. The molecule has 2 aromatic carbocycles. The Morgan fingerprint density at radius 1 is 1.06 bits per heavy atom. The highest BCUT2D eigenvalue weighted by Crippen LogP contribution is 2.23. The van der Waals surface area contributed by atoms with E-state index in [9.17, 15) is 4.79 Å². The molecule has 3 N–H and O–H groups in total. The lowest BCUT2D eigenvalue weighted by Gasteiger charge is -2.31. The summed E-state index contributed by atoms with van der Waals surface area (Å²) in [4.78, 5) is 13.9. The number of quaternary nitrogens is 2. The van der Waals surface area contributed by atoms with Crippen LogP contribution in [0, 0.1) is 13.8 Å². The summed E-state index contributed by atoms with van der Waals surface area (Å²) < 4.78 is 10.9. The average Bonchev–Trinajstić information content (AvgIpc) is 2.80. The van der Waals surface area contributed by atoms with Crippen LogP contribution in [0.3, 0.4) is 0 Å². The molecule has 4 rings (SSSR count). The predicted octanol–water partition coefficient (Wildman–Crippen LogP) is 2.29. The lowest BCUT2D eigenvalue weighted by molar-refractivity contribution is -0.950. The summed E-state index contributed by atoms with van der Waals surface area (Å²) in [5, 5.41) is 3.39. The Balaban J connectivity index is 1.55. The monoisotopic (exact) mass is 422 g/mol. The number of ether oxygens (including phenoxy) is 1. The van der Waals surface area contributed by atoms with Crippen LogP contribution in [0.2, 0.25) is 0 Å². The topological polar surface area (TPSA) is 60.5 Å². The number of fused-ring (bicyclic) bond motifs is 1. The van der Waals surface area contributed by atoms with Gasteiger partial charge in [0.05, 0.1) is 20.2 Å². The van der Waals surface area contributed by atoms with Crippen LogP contribution in [0.15, 0.2) is 51.7 Å². The number of nitrogens with one attached hydrogen (secondary N) is 1. The molecule has 0 spiro atoms. The molecule has 0 radical (unpaired) electrons. The van der Waals surface area contributed by atoms with Crippen LogP contribution in [0.4, 0.5) is 0 Å². The summed E-state index contributed by atoms with van der Waals surface area (Å²) in [7, 11) is 1.71. The van der Waals surface area contributed by atoms with Gasteiger partial charge in [0, 0.05) is 22.6 Å². The van der Waals surface area contributed by atoms with E-state index in [0.29, 0.717) is 6.04 Å². The highest BCUT2D eigenvalue weighted by atomic mass is 16.5. The minimum Gasteiger partial charge on any atom is -0.497 e. The first kappa shape index (κ1) is 21.6. The molecule has 0 amide bonds. The molecule has 0 aliphatic carbocycles. The summed E-state index contributed by atoms with van der Waals surface area (Å²) >= 11 is 0. The Morgan fingerprint density at radius 3 is 2.52 bits per heavy atom. The number of hydrogen-bond donors (Lipinski definition) is 2. The molecule has 1 saturated heterocycles. The zero-order valence-corrected chi connectivity index (χ0v) is 18.9. The number of likely N-dealkylation sites (tertiary alicyclic amines) is 1. The highest BCUT2D eigenvalue weighted by molar-refractivity contribution is 5.83. The maximum absolute atomic E-state index is 12.2. The fraction of sp³-hybridized carbons (Fsp3) is 0.423. The highest BCUT2D eigenvalue weighted by Gasteiger charge is 2.27. The molecule has 0 unspecified atom stereocenters. The Labute approximate surface area is 184 Å². The van der Waals surface area contributed by atoms with Crippen molar-refractivity contribution < 1.29 is 19.4 Å². The maximum atomic E-state index is 12.2. The summed E-state index contributed by atoms with van der Waals surface area (Å²) in [5.74, 6) is 0.897. The molecule has 1 fully saturated rings. The van der Waals surface area contributed by atoms with E-state index in [-0.39, 0.29) is 5.63 Å². The molecule has 31 heavy (non-hydrogen) atoms. The molecule has 2 heterocycles. The van der Waals surface area contributed by atoms with Crippen molar-refractivity contribution in [1.82, 2.24) is 0 Å². The molecule has 0 bridgehead atoms. The quantitative estimate of drug-likeness (QED) is 0.575. The number of nitrogens with two attached hydrogens (primary N) is 1. The van der Waals surface area contributed by atoms with Crippen molar-refractivity contribution in [3.63, 3.8) is 0 Å². The third kappa shape index (κ3) is 4.83. The maximum Gasteiger partial charge on any atom is 0.336 e. The fourth-order valence-corrected chi connectivity index (χ4v) is 4.83. The second-order valence-electron chi connectivity index (χ2n) is 8.75. The van der Waals surface area contributed by atoms with Gasteiger partial charge >= 0.3 is 5.63 Å². The molecular weight excluding hydrogens is 388 g/mol. The zero-order valence-electron chi connectivity index (χ0n) is 18.9. The number of piperidine rings is 1. The summed E-state index contributed by atoms with van der Waals surface area (Å²) in [6.45, 7) is 8.27. The number of rotatable bonds is 7. The minimum atomic E-state index is -0.266. The van der Waals surface area contributed by atoms with Crippen LogP contribution in [0.25, 0.3) is 11.0 Å². The molecule has 3 aromatic rings. The van der Waals surface area contributed by atoms with Gasteiger partial charge in [-0.15, -0.1) is 0 Å². The van der Waals surface area contributed by atoms with Gasteiger partial charge in [-0.05, 0) is 68.5 Å². The van der Waals surface area contributed by atoms with Gasteiger partial charge in [0.1, 0.15) is 24.4 Å². The standard InChI is InChI=1S/C26H32N2O3/c1-18-7-12-23-21(15-25(29)31-26(23)19(18)2)16-27-17-24(28-13-5-4-6-14-28)20-8-10-22(30-3)11-9-20/h7-12,15,24,27H,4-6,13-14,16-17H2,1-3H3/p+2/t24-/m0/s1. The summed E-state index contributed by atoms with van der Waals surface area (Å²) in [6.07, 6.45) is 3.93. The van der Waals surface area contributed by atoms with Crippen molar-refractivity contribution in [2.45, 2.75) is 45.7 Å². The van der Waals surface area contributed by atoms with E-state index >= 15 is 0 Å². The van der Waals surface area contributed by atoms with Crippen molar-refractivity contribution in [3.8, 4) is 5.75 Å². The van der Waals surface area contributed by atoms with Crippen molar-refractivity contribution >= 4 is 11.0 Å². The van der Waals surface area contributed by atoms with Gasteiger partial charge in [-0.3, -0.25) is 0 Å². The molecule has 5 nitrogen and oxygen atoms in total. The van der Waals surface area contributed by atoms with Gasteiger partial charge in [-0.2, -0.15) is 0 Å². The van der Waals surface area contributed by atoms with E-state index in [1.165, 1.54) is 37.9 Å². The zero-order chi connectivity index (χ0) is 21.8. The Bertz CT molecular complexity index is 1080. The van der Waals surface area contributed by atoms with E-state index in [2.05, 4.69) is 48.6 Å². The first-order chi connectivity index (χ1) is 15.1. The molecule has 1 aliphatic rings. The normalized spacial score (nSPS) is 15.8. The van der Waals surface area contributed by atoms with E-state index in [1.807, 2.05) is 6.92 Å². The molecule has 5 heteroatoms. The SMILES string of the molecule is COc1ccc([C@H](C[NH2+]Cc2cc(=O)oc3c(C)c(C)ccc23)[NH+]2CCCCC2)cc1. The molecule has 0 saturated carbocycles. The van der Waals surface area contributed by atoms with E-state index < -0.39 is 0 Å². The number of hydrogen-bond acceptors (Lipinski definition) is 3. The molecular formula is C26H34N2O3+2. The van der Waals surface area contributed by atoms with Crippen molar-refractivity contribution in [1.29, 1.82) is 0 Å². The largest absolute Gasteiger partial charge is 0.497 e. The molecule has 164 valence electrons. The van der Waals surface area contributed by atoms with Gasteiger partial charge in [0.25, 0.3) is 0 Å². The van der Waals surface area contributed by atoms with Crippen molar-refractivity contribution in [2.24, 2.45) is 0 Å². The van der Waals surface area contributed by atoms with Crippen molar-refractivity contribution in [2.75, 3.05) is 26.7 Å². The molecule has 1 atom stereocenters. The summed E-state index contributed by atoms with van der Waals surface area (Å²) in [6, 6.07) is 14.8. The first-order valence-corrected chi connectivity index (χ1v) is 11.4. The minimum absolute atomic E-state index is 0.266. The van der Waals surface area contributed by atoms with E-state index in [4.69, 9.17) is 9.15 Å². The number of aryl methyl sites for hydroxylation is 2. The van der Waals surface area contributed by atoms with Gasteiger partial charge < -0.3 is 19.4 Å². The van der Waals surface area contributed by atoms with E-state index in [1.54, 1.807) is 18.1 Å². The lowest BCUT2D eigenvalue weighted by atomic mass is 10.0. The van der Waals surface area contributed by atoms with Crippen LogP contribution >= 0.6 is 0 Å². The smallest absolute Gasteiger partial charge is 0.336 e. The van der Waals surface area contributed by atoms with E-state index in [0.717, 1.165) is 46.5 Å².